The first-order valence-corrected chi connectivity index (χ1v) is 7.06. The molecule has 4 heteroatoms. The molecule has 1 aromatic heterocycles. The van der Waals surface area contributed by atoms with E-state index in [1.807, 2.05) is 30.3 Å². The highest BCUT2D eigenvalue weighted by atomic mass is 79.9. The van der Waals surface area contributed by atoms with Crippen LogP contribution < -0.4 is 10.5 Å². The minimum atomic E-state index is 0.406. The van der Waals surface area contributed by atoms with Gasteiger partial charge in [-0.3, -0.25) is 4.98 Å². The fourth-order valence-corrected chi connectivity index (χ4v) is 2.43. The average Bonchev–Trinajstić information content (AvgIpc) is 2.48. The van der Waals surface area contributed by atoms with Crippen molar-refractivity contribution in [2.75, 3.05) is 0 Å². The molecule has 0 unspecified atom stereocenters. The molecule has 0 aliphatic carbocycles. The average molecular weight is 329 g/mol. The number of hydrogen-bond donors (Lipinski definition) is 1. The van der Waals surface area contributed by atoms with Crippen molar-refractivity contribution in [2.24, 2.45) is 5.73 Å². The normalized spacial score (nSPS) is 10.7. The van der Waals surface area contributed by atoms with Gasteiger partial charge in [0.05, 0.1) is 0 Å². The van der Waals surface area contributed by atoms with Crippen LogP contribution in [0.4, 0.5) is 0 Å². The number of ether oxygens (including phenoxy) is 1. The molecule has 100 valence electrons. The van der Waals surface area contributed by atoms with Crippen LogP contribution in [0, 0.1) is 0 Å². The second-order valence-electron chi connectivity index (χ2n) is 4.44. The molecule has 2 aromatic carbocycles. The number of nitrogens with two attached hydrogens (primary N) is 1. The molecule has 3 nitrogen and oxygen atoms in total. The predicted molar refractivity (Wildman–Crippen MR) is 83.9 cm³/mol. The number of benzene rings is 2. The Morgan fingerprint density at radius 2 is 1.85 bits per heavy atom. The molecule has 1 heterocycles. The Morgan fingerprint density at radius 1 is 1.05 bits per heavy atom. The first kappa shape index (κ1) is 13.1. The van der Waals surface area contributed by atoms with Gasteiger partial charge in [0.2, 0.25) is 0 Å². The Morgan fingerprint density at radius 3 is 2.70 bits per heavy atom. The molecule has 20 heavy (non-hydrogen) atoms. The Labute approximate surface area is 125 Å². The van der Waals surface area contributed by atoms with Crippen LogP contribution in [0.15, 0.2) is 59.3 Å². The molecule has 2 N–H and O–H groups in total. The van der Waals surface area contributed by atoms with Crippen LogP contribution in [0.2, 0.25) is 0 Å². The molecule has 0 aliphatic rings. The molecule has 0 amide bonds. The second kappa shape index (κ2) is 5.61. The number of hydrogen-bond acceptors (Lipinski definition) is 3. The van der Waals surface area contributed by atoms with E-state index in [9.17, 15) is 0 Å². The molecule has 3 aromatic rings. The summed E-state index contributed by atoms with van der Waals surface area (Å²) in [7, 11) is 0. The van der Waals surface area contributed by atoms with Gasteiger partial charge in [0.25, 0.3) is 0 Å². The summed E-state index contributed by atoms with van der Waals surface area (Å²) >= 11 is 3.47. The summed E-state index contributed by atoms with van der Waals surface area (Å²) in [6.07, 6.45) is 3.43. The third kappa shape index (κ3) is 2.66. The smallest absolute Gasteiger partial charge is 0.134 e. The molecule has 0 radical (unpaired) electrons. The molecule has 0 fully saturated rings. The molecule has 0 spiro atoms. The first-order chi connectivity index (χ1) is 9.76. The first-order valence-electron chi connectivity index (χ1n) is 6.26. The standard InChI is InChI=1S/C16H13BrN2O/c17-14-3-1-12-8-15(4-2-11(12)7-14)20-16-5-6-19-10-13(16)9-18/h1-8,10H,9,18H2. The summed E-state index contributed by atoms with van der Waals surface area (Å²) in [5, 5.41) is 2.30. The van der Waals surface area contributed by atoms with Gasteiger partial charge in [-0.05, 0) is 41.1 Å². The lowest BCUT2D eigenvalue weighted by atomic mass is 10.1. The number of pyridine rings is 1. The number of aromatic nitrogens is 1. The maximum Gasteiger partial charge on any atom is 0.134 e. The van der Waals surface area contributed by atoms with Crippen molar-refractivity contribution >= 4 is 26.7 Å². The topological polar surface area (TPSA) is 48.1 Å². The van der Waals surface area contributed by atoms with Crippen molar-refractivity contribution in [1.29, 1.82) is 0 Å². The van der Waals surface area contributed by atoms with Crippen LogP contribution >= 0.6 is 15.9 Å². The highest BCUT2D eigenvalue weighted by molar-refractivity contribution is 9.10. The number of nitrogens with zero attached hydrogens (tertiary/aromatic N) is 1. The quantitative estimate of drug-likeness (QED) is 0.781. The largest absolute Gasteiger partial charge is 0.457 e. The van der Waals surface area contributed by atoms with E-state index in [2.05, 4.69) is 33.0 Å². The lowest BCUT2D eigenvalue weighted by Crippen LogP contribution is -1.99. The highest BCUT2D eigenvalue weighted by Crippen LogP contribution is 2.28. The van der Waals surface area contributed by atoms with E-state index in [-0.39, 0.29) is 0 Å². The van der Waals surface area contributed by atoms with Crippen LogP contribution in [-0.4, -0.2) is 4.98 Å². The predicted octanol–water partition coefficient (Wildman–Crippen LogP) is 4.25. The molecule has 3 rings (SSSR count). The van der Waals surface area contributed by atoms with Crippen LogP contribution in [-0.2, 0) is 6.54 Å². The molecular weight excluding hydrogens is 316 g/mol. The van der Waals surface area contributed by atoms with Crippen molar-refractivity contribution in [3.05, 3.63) is 64.9 Å². The van der Waals surface area contributed by atoms with E-state index in [4.69, 9.17) is 10.5 Å². The lowest BCUT2D eigenvalue weighted by Gasteiger charge is -2.10. The van der Waals surface area contributed by atoms with Crippen molar-refractivity contribution in [3.8, 4) is 11.5 Å². The van der Waals surface area contributed by atoms with E-state index in [1.165, 1.54) is 5.39 Å². The van der Waals surface area contributed by atoms with Crippen LogP contribution in [0.25, 0.3) is 10.8 Å². The Balaban J connectivity index is 1.96. The van der Waals surface area contributed by atoms with Gasteiger partial charge in [-0.15, -0.1) is 0 Å². The second-order valence-corrected chi connectivity index (χ2v) is 5.36. The zero-order valence-corrected chi connectivity index (χ0v) is 12.3. The van der Waals surface area contributed by atoms with Crippen molar-refractivity contribution in [3.63, 3.8) is 0 Å². The van der Waals surface area contributed by atoms with Crippen LogP contribution in [0.5, 0.6) is 11.5 Å². The Bertz CT molecular complexity index is 758. The van der Waals surface area contributed by atoms with Gasteiger partial charge in [-0.2, -0.15) is 0 Å². The Kier molecular flexibility index (Phi) is 3.67. The minimum absolute atomic E-state index is 0.406. The molecule has 0 aliphatic heterocycles. The number of rotatable bonds is 3. The maximum atomic E-state index is 5.91. The third-order valence-electron chi connectivity index (χ3n) is 3.08. The summed E-state index contributed by atoms with van der Waals surface area (Å²) in [5.74, 6) is 1.54. The van der Waals surface area contributed by atoms with Crippen molar-refractivity contribution < 1.29 is 4.74 Å². The molecular formula is C16H13BrN2O. The summed E-state index contributed by atoms with van der Waals surface area (Å²) in [6, 6.07) is 14.0. The number of fused-ring (bicyclic) bond motifs is 1. The summed E-state index contributed by atoms with van der Waals surface area (Å²) < 4.78 is 6.97. The van der Waals surface area contributed by atoms with Gasteiger partial charge in [0.15, 0.2) is 0 Å². The Hall–Kier alpha value is -1.91. The van der Waals surface area contributed by atoms with Gasteiger partial charge < -0.3 is 10.5 Å². The van der Waals surface area contributed by atoms with E-state index in [0.717, 1.165) is 26.9 Å². The van der Waals surface area contributed by atoms with Crippen LogP contribution in [0.1, 0.15) is 5.56 Å². The zero-order valence-electron chi connectivity index (χ0n) is 10.7. The summed E-state index contributed by atoms with van der Waals surface area (Å²) in [4.78, 5) is 4.05. The van der Waals surface area contributed by atoms with E-state index in [1.54, 1.807) is 12.4 Å². The fourth-order valence-electron chi connectivity index (χ4n) is 2.05. The molecule has 0 bridgehead atoms. The van der Waals surface area contributed by atoms with E-state index < -0.39 is 0 Å². The van der Waals surface area contributed by atoms with Gasteiger partial charge >= 0.3 is 0 Å². The van der Waals surface area contributed by atoms with Gasteiger partial charge in [0.1, 0.15) is 11.5 Å². The zero-order chi connectivity index (χ0) is 13.9. The number of halogens is 1. The highest BCUT2D eigenvalue weighted by Gasteiger charge is 2.04. The van der Waals surface area contributed by atoms with Crippen molar-refractivity contribution in [1.82, 2.24) is 4.98 Å². The maximum absolute atomic E-state index is 5.91. The van der Waals surface area contributed by atoms with E-state index in [0.29, 0.717) is 6.54 Å². The lowest BCUT2D eigenvalue weighted by molar-refractivity contribution is 0.476. The SMILES string of the molecule is NCc1cnccc1Oc1ccc2cc(Br)ccc2c1. The van der Waals surface area contributed by atoms with Gasteiger partial charge in [-0.1, -0.05) is 28.1 Å². The van der Waals surface area contributed by atoms with Gasteiger partial charge in [-0.25, -0.2) is 0 Å². The van der Waals surface area contributed by atoms with E-state index >= 15 is 0 Å². The molecule has 0 saturated heterocycles. The summed E-state index contributed by atoms with van der Waals surface area (Å²) in [6.45, 7) is 0.406. The van der Waals surface area contributed by atoms with Crippen molar-refractivity contribution in [2.45, 2.75) is 6.54 Å². The minimum Gasteiger partial charge on any atom is -0.457 e. The van der Waals surface area contributed by atoms with Crippen LogP contribution in [0.3, 0.4) is 0 Å². The van der Waals surface area contributed by atoms with Gasteiger partial charge in [0, 0.05) is 29.0 Å². The molecule has 0 saturated carbocycles. The fraction of sp³-hybridized carbons (Fsp3) is 0.0625. The monoisotopic (exact) mass is 328 g/mol. The molecule has 0 atom stereocenters. The summed E-state index contributed by atoms with van der Waals surface area (Å²) in [5.41, 5.74) is 6.58. The third-order valence-corrected chi connectivity index (χ3v) is 3.57.